The average molecular weight is 408 g/mol. The molecule has 0 bridgehead atoms. The zero-order valence-corrected chi connectivity index (χ0v) is 17.2. The van der Waals surface area contributed by atoms with Gasteiger partial charge in [-0.2, -0.15) is 15.1 Å². The lowest BCUT2D eigenvalue weighted by Gasteiger charge is -2.29. The highest BCUT2D eigenvalue weighted by molar-refractivity contribution is 5.81. The molecule has 1 aliphatic carbocycles. The van der Waals surface area contributed by atoms with Crippen molar-refractivity contribution in [2.75, 3.05) is 43.0 Å². The molecule has 30 heavy (non-hydrogen) atoms. The monoisotopic (exact) mass is 407 g/mol. The molecule has 0 amide bonds. The standard InChI is InChI=1S/C22H29N7O/c1-2-4-16(5-3-1)15-30-21-19-14-24-28-20(19)26-22(27-21)25-17-6-8-18(9-7-17)29-12-10-23-11-13-29/h6-9,14,16,23H,1-5,10-13,15H2,(H2,24,25,26,27,28). The molecule has 5 rings (SSSR count). The van der Waals surface area contributed by atoms with E-state index >= 15 is 0 Å². The minimum absolute atomic E-state index is 0.514. The molecule has 158 valence electrons. The Kier molecular flexibility index (Phi) is 5.65. The van der Waals surface area contributed by atoms with Gasteiger partial charge in [0.15, 0.2) is 5.65 Å². The van der Waals surface area contributed by atoms with E-state index in [1.54, 1.807) is 6.20 Å². The number of H-pyrrole nitrogens is 1. The second kappa shape index (κ2) is 8.87. The molecule has 0 spiro atoms. The van der Waals surface area contributed by atoms with E-state index in [1.807, 2.05) is 0 Å². The molecule has 3 N–H and O–H groups in total. The van der Waals surface area contributed by atoms with E-state index in [2.05, 4.69) is 60.0 Å². The fourth-order valence-corrected chi connectivity index (χ4v) is 4.33. The van der Waals surface area contributed by atoms with Crippen molar-refractivity contribution < 1.29 is 4.74 Å². The van der Waals surface area contributed by atoms with E-state index in [0.717, 1.165) is 37.3 Å². The first-order valence-corrected chi connectivity index (χ1v) is 11.0. The van der Waals surface area contributed by atoms with Crippen molar-refractivity contribution in [2.24, 2.45) is 5.92 Å². The summed E-state index contributed by atoms with van der Waals surface area (Å²) in [5.74, 6) is 1.73. The Morgan fingerprint density at radius 3 is 2.63 bits per heavy atom. The summed E-state index contributed by atoms with van der Waals surface area (Å²) >= 11 is 0. The van der Waals surface area contributed by atoms with Crippen LogP contribution in [0.15, 0.2) is 30.5 Å². The van der Waals surface area contributed by atoms with Gasteiger partial charge in [-0.1, -0.05) is 19.3 Å². The zero-order chi connectivity index (χ0) is 20.2. The van der Waals surface area contributed by atoms with Gasteiger partial charge in [0.05, 0.1) is 12.8 Å². The summed E-state index contributed by atoms with van der Waals surface area (Å²) in [5, 5.41) is 14.6. The van der Waals surface area contributed by atoms with Crippen molar-refractivity contribution in [3.8, 4) is 5.88 Å². The lowest BCUT2D eigenvalue weighted by molar-refractivity contribution is 0.205. The molecule has 3 aromatic rings. The van der Waals surface area contributed by atoms with Gasteiger partial charge in [0.2, 0.25) is 11.8 Å². The zero-order valence-electron chi connectivity index (χ0n) is 17.2. The Balaban J connectivity index is 1.30. The van der Waals surface area contributed by atoms with Crippen LogP contribution in [-0.4, -0.2) is 53.0 Å². The van der Waals surface area contributed by atoms with Crippen molar-refractivity contribution in [3.05, 3.63) is 30.5 Å². The lowest BCUT2D eigenvalue weighted by Crippen LogP contribution is -2.43. The van der Waals surface area contributed by atoms with Crippen LogP contribution in [0, 0.1) is 5.92 Å². The summed E-state index contributed by atoms with van der Waals surface area (Å²) in [5.41, 5.74) is 2.87. The maximum Gasteiger partial charge on any atom is 0.232 e. The summed E-state index contributed by atoms with van der Waals surface area (Å²) in [6.45, 7) is 4.83. The van der Waals surface area contributed by atoms with E-state index in [-0.39, 0.29) is 0 Å². The van der Waals surface area contributed by atoms with E-state index < -0.39 is 0 Å². The molecule has 1 saturated heterocycles. The summed E-state index contributed by atoms with van der Waals surface area (Å²) in [4.78, 5) is 11.6. The molecule has 2 aromatic heterocycles. The van der Waals surface area contributed by atoms with Gasteiger partial charge in [-0.15, -0.1) is 0 Å². The number of benzene rings is 1. The normalized spacial score (nSPS) is 17.9. The second-order valence-electron chi connectivity index (χ2n) is 8.21. The predicted octanol–water partition coefficient (Wildman–Crippen LogP) is 3.47. The number of piperazine rings is 1. The number of hydrogen-bond acceptors (Lipinski definition) is 7. The Morgan fingerprint density at radius 2 is 1.83 bits per heavy atom. The largest absolute Gasteiger partial charge is 0.477 e. The predicted molar refractivity (Wildman–Crippen MR) is 119 cm³/mol. The highest BCUT2D eigenvalue weighted by atomic mass is 16.5. The minimum Gasteiger partial charge on any atom is -0.477 e. The van der Waals surface area contributed by atoms with Crippen molar-refractivity contribution >= 4 is 28.4 Å². The van der Waals surface area contributed by atoms with Gasteiger partial charge in [-0.05, 0) is 43.0 Å². The fraction of sp³-hybridized carbons (Fsp3) is 0.500. The lowest BCUT2D eigenvalue weighted by atomic mass is 9.90. The Labute approximate surface area is 176 Å². The Morgan fingerprint density at radius 1 is 1.03 bits per heavy atom. The molecule has 2 fully saturated rings. The maximum absolute atomic E-state index is 6.13. The van der Waals surface area contributed by atoms with Gasteiger partial charge < -0.3 is 20.3 Å². The fourth-order valence-electron chi connectivity index (χ4n) is 4.33. The molecule has 2 aliphatic rings. The number of aromatic amines is 1. The Hall–Kier alpha value is -2.87. The molecule has 1 aliphatic heterocycles. The van der Waals surface area contributed by atoms with Crippen LogP contribution in [0.2, 0.25) is 0 Å². The number of anilines is 3. The molecule has 1 saturated carbocycles. The third-order valence-corrected chi connectivity index (χ3v) is 6.06. The number of aromatic nitrogens is 4. The first kappa shape index (κ1) is 19.1. The summed E-state index contributed by atoms with van der Waals surface area (Å²) in [6, 6.07) is 8.42. The summed E-state index contributed by atoms with van der Waals surface area (Å²) in [7, 11) is 0. The van der Waals surface area contributed by atoms with Crippen LogP contribution < -0.4 is 20.3 Å². The smallest absolute Gasteiger partial charge is 0.232 e. The van der Waals surface area contributed by atoms with Crippen molar-refractivity contribution in [3.63, 3.8) is 0 Å². The number of nitrogens with zero attached hydrogens (tertiary/aromatic N) is 4. The second-order valence-corrected chi connectivity index (χ2v) is 8.21. The van der Waals surface area contributed by atoms with Crippen LogP contribution in [-0.2, 0) is 0 Å². The SMILES string of the molecule is c1cc(N2CCNCC2)ccc1Nc1nc(OCC2CCCCC2)c2cn[nH]c2n1. The van der Waals surface area contributed by atoms with E-state index in [1.165, 1.54) is 37.8 Å². The maximum atomic E-state index is 6.13. The average Bonchev–Trinajstić information content (AvgIpc) is 3.28. The van der Waals surface area contributed by atoms with Gasteiger partial charge in [0.1, 0.15) is 5.39 Å². The van der Waals surface area contributed by atoms with E-state index in [4.69, 9.17) is 4.74 Å². The Bertz CT molecular complexity index is 959. The van der Waals surface area contributed by atoms with Crippen LogP contribution in [0.4, 0.5) is 17.3 Å². The third kappa shape index (κ3) is 4.33. The van der Waals surface area contributed by atoms with E-state index in [9.17, 15) is 0 Å². The topological polar surface area (TPSA) is 91.0 Å². The summed E-state index contributed by atoms with van der Waals surface area (Å²) in [6.07, 6.45) is 8.16. The van der Waals surface area contributed by atoms with Gasteiger partial charge in [0.25, 0.3) is 0 Å². The molecule has 0 unspecified atom stereocenters. The van der Waals surface area contributed by atoms with Gasteiger partial charge >= 0.3 is 0 Å². The van der Waals surface area contributed by atoms with Crippen LogP contribution in [0.5, 0.6) is 5.88 Å². The number of fused-ring (bicyclic) bond motifs is 1. The van der Waals surface area contributed by atoms with Gasteiger partial charge in [-0.3, -0.25) is 5.10 Å². The van der Waals surface area contributed by atoms with Crippen molar-refractivity contribution in [2.45, 2.75) is 32.1 Å². The van der Waals surface area contributed by atoms with Gasteiger partial charge in [-0.25, -0.2) is 0 Å². The number of rotatable bonds is 6. The van der Waals surface area contributed by atoms with Crippen LogP contribution >= 0.6 is 0 Å². The molecule has 8 nitrogen and oxygen atoms in total. The quantitative estimate of drug-likeness (QED) is 0.576. The molecular formula is C22H29N7O. The summed E-state index contributed by atoms with van der Waals surface area (Å²) < 4.78 is 6.13. The molecule has 0 radical (unpaired) electrons. The van der Waals surface area contributed by atoms with E-state index in [0.29, 0.717) is 30.0 Å². The first-order valence-electron chi connectivity index (χ1n) is 11.0. The molecule has 0 atom stereocenters. The van der Waals surface area contributed by atoms with Crippen LogP contribution in [0.25, 0.3) is 11.0 Å². The van der Waals surface area contributed by atoms with Crippen molar-refractivity contribution in [1.82, 2.24) is 25.5 Å². The van der Waals surface area contributed by atoms with Gasteiger partial charge in [0, 0.05) is 37.6 Å². The highest BCUT2D eigenvalue weighted by Crippen LogP contribution is 2.28. The first-order chi connectivity index (χ1) is 14.8. The number of ether oxygens (including phenoxy) is 1. The molecular weight excluding hydrogens is 378 g/mol. The molecule has 1 aromatic carbocycles. The molecule has 3 heterocycles. The molecule has 8 heteroatoms. The third-order valence-electron chi connectivity index (χ3n) is 6.06. The van der Waals surface area contributed by atoms with Crippen molar-refractivity contribution in [1.29, 1.82) is 0 Å². The van der Waals surface area contributed by atoms with Crippen LogP contribution in [0.1, 0.15) is 32.1 Å². The minimum atomic E-state index is 0.514. The highest BCUT2D eigenvalue weighted by Gasteiger charge is 2.17. The van der Waals surface area contributed by atoms with Crippen LogP contribution in [0.3, 0.4) is 0 Å². The number of nitrogens with one attached hydrogen (secondary N) is 3. The number of hydrogen-bond donors (Lipinski definition) is 3.